The van der Waals surface area contributed by atoms with Gasteiger partial charge in [0.05, 0.1) is 10.6 Å². The van der Waals surface area contributed by atoms with Gasteiger partial charge in [-0.3, -0.25) is 14.8 Å². The smallest absolute Gasteiger partial charge is 0.311 e. The Labute approximate surface area is 168 Å². The van der Waals surface area contributed by atoms with Gasteiger partial charge < -0.3 is 5.32 Å². The van der Waals surface area contributed by atoms with Crippen molar-refractivity contribution in [1.82, 2.24) is 14.8 Å². The van der Waals surface area contributed by atoms with Crippen molar-refractivity contribution in [2.45, 2.75) is 33.7 Å². The van der Waals surface area contributed by atoms with Crippen LogP contribution >= 0.6 is 0 Å². The van der Waals surface area contributed by atoms with Crippen LogP contribution in [-0.4, -0.2) is 26.2 Å². The Morgan fingerprint density at radius 3 is 2.41 bits per heavy atom. The van der Waals surface area contributed by atoms with Gasteiger partial charge in [0.2, 0.25) is 5.82 Å². The van der Waals surface area contributed by atoms with Crippen LogP contribution in [0.3, 0.4) is 0 Å². The van der Waals surface area contributed by atoms with E-state index in [2.05, 4.69) is 15.4 Å². The lowest BCUT2D eigenvalue weighted by Gasteiger charge is -2.10. The minimum atomic E-state index is -0.447. The topological polar surface area (TPSA) is 85.9 Å². The quantitative estimate of drug-likeness (QED) is 0.431. The van der Waals surface area contributed by atoms with E-state index in [1.165, 1.54) is 18.2 Å². The van der Waals surface area contributed by atoms with E-state index in [1.54, 1.807) is 22.9 Å². The Morgan fingerprint density at radius 1 is 1.14 bits per heavy atom. The first kappa shape index (κ1) is 20.4. The lowest BCUT2D eigenvalue weighted by Crippen LogP contribution is -2.11. The Kier molecular flexibility index (Phi) is 5.91. The van der Waals surface area contributed by atoms with E-state index in [0.717, 1.165) is 11.1 Å². The molecule has 0 aliphatic carbocycles. The van der Waals surface area contributed by atoms with Crippen LogP contribution < -0.4 is 5.32 Å². The summed E-state index contributed by atoms with van der Waals surface area (Å²) in [4.78, 5) is 15.5. The van der Waals surface area contributed by atoms with Crippen LogP contribution in [-0.2, 0) is 0 Å². The molecule has 3 rings (SSSR count). The summed E-state index contributed by atoms with van der Waals surface area (Å²) in [5, 5.41) is 19.1. The van der Waals surface area contributed by atoms with Gasteiger partial charge in [-0.25, -0.2) is 9.37 Å². The minimum absolute atomic E-state index is 0.0750. The highest BCUT2D eigenvalue weighted by Gasteiger charge is 2.21. The van der Waals surface area contributed by atoms with Crippen LogP contribution in [0.4, 0.5) is 15.9 Å². The van der Waals surface area contributed by atoms with Gasteiger partial charge in [-0.15, -0.1) is 0 Å². The van der Waals surface area contributed by atoms with Gasteiger partial charge in [-0.1, -0.05) is 13.8 Å². The van der Waals surface area contributed by atoms with E-state index in [0.29, 0.717) is 23.9 Å². The number of aromatic nitrogens is 3. The van der Waals surface area contributed by atoms with Gasteiger partial charge in [-0.05, 0) is 50.1 Å². The Balaban J connectivity index is 2.12. The molecule has 0 fully saturated rings. The molecule has 0 unspecified atom stereocenters. The zero-order valence-corrected chi connectivity index (χ0v) is 16.9. The average Bonchev–Trinajstić information content (AvgIpc) is 3.12. The summed E-state index contributed by atoms with van der Waals surface area (Å²) in [6.07, 6.45) is 1.86. The molecular weight excluding hydrogens is 373 g/mol. The molecule has 0 spiro atoms. The van der Waals surface area contributed by atoms with Crippen molar-refractivity contribution in [3.63, 3.8) is 0 Å². The largest absolute Gasteiger partial charge is 0.364 e. The summed E-state index contributed by atoms with van der Waals surface area (Å²) in [6, 6.07) is 9.27. The molecule has 0 amide bonds. The average molecular weight is 397 g/mol. The Bertz CT molecular complexity index is 1010. The molecule has 7 nitrogen and oxygen atoms in total. The molecule has 1 N–H and O–H groups in total. The molecule has 0 radical (unpaired) electrons. The molecule has 2 heterocycles. The van der Waals surface area contributed by atoms with Crippen molar-refractivity contribution in [1.29, 1.82) is 0 Å². The number of nitro groups is 1. The first-order chi connectivity index (χ1) is 13.8. The number of hydrogen-bond donors (Lipinski definition) is 1. The van der Waals surface area contributed by atoms with Crippen molar-refractivity contribution in [3.8, 4) is 22.5 Å². The predicted octanol–water partition coefficient (Wildman–Crippen LogP) is 5.31. The van der Waals surface area contributed by atoms with E-state index in [9.17, 15) is 14.5 Å². The van der Waals surface area contributed by atoms with E-state index in [4.69, 9.17) is 0 Å². The van der Waals surface area contributed by atoms with Crippen LogP contribution in [0.1, 0.15) is 33.7 Å². The summed E-state index contributed by atoms with van der Waals surface area (Å²) < 4.78 is 15.2. The molecule has 0 aliphatic rings. The van der Waals surface area contributed by atoms with Gasteiger partial charge >= 0.3 is 5.69 Å². The zero-order valence-electron chi connectivity index (χ0n) is 16.9. The van der Waals surface area contributed by atoms with Crippen molar-refractivity contribution >= 4 is 11.5 Å². The summed E-state index contributed by atoms with van der Waals surface area (Å²) >= 11 is 0. The number of nitrogens with one attached hydrogen (secondary N) is 1. The number of rotatable bonds is 7. The molecular formula is C21H24FN5O2. The number of benzene rings is 1. The molecule has 29 heavy (non-hydrogen) atoms. The molecule has 2 aromatic heterocycles. The SMILES string of the molecule is CC(C)CNc1nc(-c2cn(C(C)C)nc2-c2ccc(F)cc2)ccc1[N+](=O)[O-]. The Hall–Kier alpha value is -3.29. The second-order valence-electron chi connectivity index (χ2n) is 7.57. The number of halogens is 1. The second-order valence-corrected chi connectivity index (χ2v) is 7.57. The Morgan fingerprint density at radius 2 is 1.83 bits per heavy atom. The van der Waals surface area contributed by atoms with Crippen molar-refractivity contribution in [2.75, 3.05) is 11.9 Å². The zero-order chi connectivity index (χ0) is 21.1. The molecule has 0 saturated carbocycles. The maximum atomic E-state index is 13.4. The van der Waals surface area contributed by atoms with E-state index >= 15 is 0 Å². The van der Waals surface area contributed by atoms with Gasteiger partial charge in [0.25, 0.3) is 0 Å². The van der Waals surface area contributed by atoms with Crippen LogP contribution in [0.5, 0.6) is 0 Å². The monoisotopic (exact) mass is 397 g/mol. The molecule has 1 aromatic carbocycles. The van der Waals surface area contributed by atoms with E-state index < -0.39 is 4.92 Å². The van der Waals surface area contributed by atoms with Gasteiger partial charge in [0.1, 0.15) is 11.5 Å². The lowest BCUT2D eigenvalue weighted by molar-refractivity contribution is -0.384. The fraction of sp³-hybridized carbons (Fsp3) is 0.333. The predicted molar refractivity (Wildman–Crippen MR) is 111 cm³/mol. The summed E-state index contributed by atoms with van der Waals surface area (Å²) in [6.45, 7) is 8.60. The number of pyridine rings is 1. The fourth-order valence-corrected chi connectivity index (χ4v) is 2.84. The highest BCUT2D eigenvalue weighted by molar-refractivity contribution is 5.80. The van der Waals surface area contributed by atoms with Crippen LogP contribution in [0.15, 0.2) is 42.6 Å². The third-order valence-electron chi connectivity index (χ3n) is 4.40. The summed E-state index contributed by atoms with van der Waals surface area (Å²) in [7, 11) is 0. The van der Waals surface area contributed by atoms with Crippen LogP contribution in [0, 0.1) is 21.8 Å². The number of nitrogens with zero attached hydrogens (tertiary/aromatic N) is 4. The molecule has 3 aromatic rings. The maximum Gasteiger partial charge on any atom is 0.311 e. The molecule has 0 aliphatic heterocycles. The second kappa shape index (κ2) is 8.38. The van der Waals surface area contributed by atoms with E-state index in [1.807, 2.05) is 33.9 Å². The number of anilines is 1. The molecule has 8 heteroatoms. The molecule has 152 valence electrons. The first-order valence-corrected chi connectivity index (χ1v) is 9.51. The minimum Gasteiger partial charge on any atom is -0.364 e. The van der Waals surface area contributed by atoms with Crippen LogP contribution in [0.2, 0.25) is 0 Å². The van der Waals surface area contributed by atoms with Gasteiger partial charge in [0.15, 0.2) is 0 Å². The first-order valence-electron chi connectivity index (χ1n) is 9.51. The molecule has 0 saturated heterocycles. The molecule has 0 atom stereocenters. The van der Waals surface area contributed by atoms with Gasteiger partial charge in [0, 0.05) is 36.0 Å². The fourth-order valence-electron chi connectivity index (χ4n) is 2.84. The van der Waals surface area contributed by atoms with E-state index in [-0.39, 0.29) is 23.4 Å². The highest BCUT2D eigenvalue weighted by Crippen LogP contribution is 2.34. The lowest BCUT2D eigenvalue weighted by atomic mass is 10.1. The standard InChI is InChI=1S/C21H24FN5O2/c1-13(2)11-23-21-19(27(28)29)10-9-18(24-21)17-12-26(14(3)4)25-20(17)15-5-7-16(22)8-6-15/h5-10,12-14H,11H2,1-4H3,(H,23,24). The third kappa shape index (κ3) is 4.59. The van der Waals surface area contributed by atoms with Crippen molar-refractivity contribution in [3.05, 3.63) is 58.5 Å². The normalized spacial score (nSPS) is 11.3. The summed E-state index contributed by atoms with van der Waals surface area (Å²) in [5.74, 6) is 0.203. The highest BCUT2D eigenvalue weighted by atomic mass is 19.1. The van der Waals surface area contributed by atoms with Crippen molar-refractivity contribution < 1.29 is 9.31 Å². The van der Waals surface area contributed by atoms with Crippen LogP contribution in [0.25, 0.3) is 22.5 Å². The molecule has 0 bridgehead atoms. The van der Waals surface area contributed by atoms with Gasteiger partial charge in [-0.2, -0.15) is 5.10 Å². The summed E-state index contributed by atoms with van der Waals surface area (Å²) in [5.41, 5.74) is 2.61. The van der Waals surface area contributed by atoms with Crippen molar-refractivity contribution in [2.24, 2.45) is 5.92 Å². The number of hydrogen-bond acceptors (Lipinski definition) is 5. The maximum absolute atomic E-state index is 13.4. The third-order valence-corrected chi connectivity index (χ3v) is 4.40.